The Morgan fingerprint density at radius 2 is 1.94 bits per heavy atom. The van der Waals surface area contributed by atoms with Gasteiger partial charge in [0, 0.05) is 25.5 Å². The molecule has 0 radical (unpaired) electrons. The minimum atomic E-state index is -5.08. The molecule has 0 saturated carbocycles. The number of carbonyl (C=O) groups excluding carboxylic acids is 1. The molecule has 0 aliphatic carbocycles. The van der Waals surface area contributed by atoms with Gasteiger partial charge in [-0.25, -0.2) is 9.78 Å². The molecule has 0 bridgehead atoms. The minimum Gasteiger partial charge on any atom is -0.475 e. The predicted molar refractivity (Wildman–Crippen MR) is 125 cm³/mol. The molecule has 1 N–H and O–H groups in total. The first kappa shape index (κ1) is 25.3. The number of carboxylic acid groups (broad SMARTS) is 1. The number of carboxylic acids is 1. The Morgan fingerprint density at radius 1 is 1.19 bits per heavy atom. The zero-order valence-corrected chi connectivity index (χ0v) is 19.9. The first-order chi connectivity index (χ1) is 17.0. The number of hydrogen-bond acceptors (Lipinski definition) is 5. The lowest BCUT2D eigenvalue weighted by Crippen LogP contribution is -2.53. The van der Waals surface area contributed by atoms with E-state index < -0.39 is 12.1 Å². The van der Waals surface area contributed by atoms with Crippen LogP contribution in [0.1, 0.15) is 42.9 Å². The van der Waals surface area contributed by atoms with E-state index in [-0.39, 0.29) is 11.4 Å². The largest absolute Gasteiger partial charge is 0.490 e. The van der Waals surface area contributed by atoms with E-state index in [4.69, 9.17) is 14.3 Å². The maximum atomic E-state index is 13.0. The van der Waals surface area contributed by atoms with Crippen LogP contribution in [0, 0.1) is 5.92 Å². The molecular weight excluding hydrogens is 477 g/mol. The molecule has 2 aliphatic rings. The van der Waals surface area contributed by atoms with Crippen molar-refractivity contribution in [3.63, 3.8) is 0 Å². The number of furan rings is 1. The molecule has 1 fully saturated rings. The highest BCUT2D eigenvalue weighted by Crippen LogP contribution is 2.47. The SMILES string of the molecule is CC(C)CCN1c2cccnc2-n2cccc2C12CCN(C(=O)c1ccco1)C2.O=C(O)C(F)(F)F. The normalized spacial score (nSPS) is 18.6. The first-order valence-electron chi connectivity index (χ1n) is 11.6. The fraction of sp³-hybridized carbons (Fsp3) is 0.400. The number of hydrogen-bond donors (Lipinski definition) is 1. The zero-order valence-electron chi connectivity index (χ0n) is 19.9. The maximum Gasteiger partial charge on any atom is 0.490 e. The van der Waals surface area contributed by atoms with Crippen LogP contribution in [0.15, 0.2) is 59.5 Å². The molecule has 3 aromatic rings. The van der Waals surface area contributed by atoms with E-state index >= 15 is 0 Å². The van der Waals surface area contributed by atoms with E-state index in [9.17, 15) is 18.0 Å². The second-order valence-electron chi connectivity index (χ2n) is 9.23. The van der Waals surface area contributed by atoms with Crippen LogP contribution in [0.5, 0.6) is 0 Å². The van der Waals surface area contributed by atoms with Crippen LogP contribution < -0.4 is 4.90 Å². The van der Waals surface area contributed by atoms with Crippen LogP contribution in [-0.2, 0) is 10.3 Å². The highest BCUT2D eigenvalue weighted by atomic mass is 19.4. The zero-order chi connectivity index (χ0) is 26.1. The monoisotopic (exact) mass is 504 g/mol. The van der Waals surface area contributed by atoms with Crippen molar-refractivity contribution in [3.05, 3.63) is 66.5 Å². The number of alkyl halides is 3. The molecule has 1 atom stereocenters. The molecule has 5 heterocycles. The number of anilines is 1. The average molecular weight is 505 g/mol. The van der Waals surface area contributed by atoms with Gasteiger partial charge in [-0.3, -0.25) is 4.79 Å². The molecule has 1 saturated heterocycles. The summed E-state index contributed by atoms with van der Waals surface area (Å²) in [5.41, 5.74) is 2.10. The minimum absolute atomic E-state index is 0.0363. The molecule has 192 valence electrons. The van der Waals surface area contributed by atoms with Crippen molar-refractivity contribution >= 4 is 17.6 Å². The molecule has 8 nitrogen and oxygen atoms in total. The van der Waals surface area contributed by atoms with Crippen molar-refractivity contribution in [2.45, 2.75) is 38.4 Å². The number of carbonyl (C=O) groups is 2. The van der Waals surface area contributed by atoms with Crippen LogP contribution in [0.4, 0.5) is 18.9 Å². The van der Waals surface area contributed by atoms with Gasteiger partial charge in [0.05, 0.1) is 24.2 Å². The Kier molecular flexibility index (Phi) is 6.83. The summed E-state index contributed by atoms with van der Waals surface area (Å²) < 4.78 is 39.3. The molecular formula is C25H27F3N4O4. The number of amides is 1. The van der Waals surface area contributed by atoms with Gasteiger partial charge in [-0.15, -0.1) is 0 Å². The summed E-state index contributed by atoms with van der Waals surface area (Å²) >= 11 is 0. The summed E-state index contributed by atoms with van der Waals surface area (Å²) in [6.45, 7) is 6.79. The highest BCUT2D eigenvalue weighted by Gasteiger charge is 2.51. The van der Waals surface area contributed by atoms with Gasteiger partial charge in [-0.05, 0) is 55.2 Å². The summed E-state index contributed by atoms with van der Waals surface area (Å²) in [6, 6.07) is 11.9. The smallest absolute Gasteiger partial charge is 0.475 e. The number of aliphatic carboxylic acids is 1. The van der Waals surface area contributed by atoms with Gasteiger partial charge in [0.1, 0.15) is 5.54 Å². The third kappa shape index (κ3) is 4.69. The van der Waals surface area contributed by atoms with Gasteiger partial charge in [0.2, 0.25) is 0 Å². The van der Waals surface area contributed by atoms with Crippen LogP contribution in [0.2, 0.25) is 0 Å². The van der Waals surface area contributed by atoms with E-state index in [1.807, 2.05) is 17.2 Å². The number of rotatable bonds is 4. The lowest BCUT2D eigenvalue weighted by Gasteiger charge is -2.47. The second kappa shape index (κ2) is 9.71. The van der Waals surface area contributed by atoms with Crippen molar-refractivity contribution in [3.8, 4) is 5.82 Å². The number of halogens is 3. The Hall–Kier alpha value is -3.76. The van der Waals surface area contributed by atoms with Gasteiger partial charge in [0.15, 0.2) is 11.6 Å². The molecule has 36 heavy (non-hydrogen) atoms. The Balaban J connectivity index is 0.000000384. The Morgan fingerprint density at radius 3 is 2.58 bits per heavy atom. The molecule has 1 spiro atoms. The van der Waals surface area contributed by atoms with E-state index in [0.29, 0.717) is 24.8 Å². The second-order valence-corrected chi connectivity index (χ2v) is 9.23. The molecule has 3 aromatic heterocycles. The number of pyridine rings is 1. The van der Waals surface area contributed by atoms with E-state index in [1.165, 1.54) is 5.69 Å². The summed E-state index contributed by atoms with van der Waals surface area (Å²) in [5, 5.41) is 7.12. The van der Waals surface area contributed by atoms with Gasteiger partial charge >= 0.3 is 12.1 Å². The lowest BCUT2D eigenvalue weighted by atomic mass is 9.88. The summed E-state index contributed by atoms with van der Waals surface area (Å²) in [7, 11) is 0. The van der Waals surface area contributed by atoms with E-state index in [0.717, 1.165) is 30.9 Å². The number of likely N-dealkylation sites (tertiary alicyclic amines) is 1. The molecule has 0 aromatic carbocycles. The fourth-order valence-corrected chi connectivity index (χ4v) is 4.77. The third-order valence-electron chi connectivity index (χ3n) is 6.47. The fourth-order valence-electron chi connectivity index (χ4n) is 4.77. The Bertz CT molecular complexity index is 1220. The first-order valence-corrected chi connectivity index (χ1v) is 11.6. The molecule has 1 amide bonds. The van der Waals surface area contributed by atoms with Gasteiger partial charge in [0.25, 0.3) is 5.91 Å². The van der Waals surface area contributed by atoms with Crippen molar-refractivity contribution in [2.75, 3.05) is 24.5 Å². The standard InChI is InChI=1S/C23H26N4O2.C2HF3O2/c1-17(2)9-13-27-18-6-3-11-24-21(18)26-12-4-8-20(26)23(27)10-14-25(16-23)22(28)19-7-5-15-29-19;3-2(4,5)1(6)7/h3-8,11-12,15,17H,9-10,13-14,16H2,1-2H3;(H,6,7). The van der Waals surface area contributed by atoms with Crippen molar-refractivity contribution in [1.82, 2.24) is 14.5 Å². The topological polar surface area (TPSA) is 91.8 Å². The molecule has 1 unspecified atom stereocenters. The Labute approximate surface area is 205 Å². The van der Waals surface area contributed by atoms with Crippen LogP contribution in [-0.4, -0.2) is 57.2 Å². The van der Waals surface area contributed by atoms with Gasteiger partial charge in [-0.2, -0.15) is 13.2 Å². The molecule has 11 heteroatoms. The highest BCUT2D eigenvalue weighted by molar-refractivity contribution is 5.92. The predicted octanol–water partition coefficient (Wildman–Crippen LogP) is 4.71. The molecule has 5 rings (SSSR count). The van der Waals surface area contributed by atoms with Crippen LogP contribution in [0.25, 0.3) is 5.82 Å². The summed E-state index contributed by atoms with van der Waals surface area (Å²) in [5.74, 6) is -0.817. The van der Waals surface area contributed by atoms with Crippen LogP contribution in [0.3, 0.4) is 0 Å². The average Bonchev–Trinajstić information content (AvgIpc) is 3.59. The number of nitrogens with zero attached hydrogens (tertiary/aromatic N) is 4. The van der Waals surface area contributed by atoms with Gasteiger partial charge < -0.3 is 23.9 Å². The quantitative estimate of drug-likeness (QED) is 0.554. The van der Waals surface area contributed by atoms with E-state index in [2.05, 4.69) is 52.7 Å². The summed E-state index contributed by atoms with van der Waals surface area (Å²) in [4.78, 5) is 31.0. The molecule has 2 aliphatic heterocycles. The van der Waals surface area contributed by atoms with Crippen molar-refractivity contribution in [1.29, 1.82) is 0 Å². The summed E-state index contributed by atoms with van der Waals surface area (Å²) in [6.07, 6.45) is 2.38. The van der Waals surface area contributed by atoms with Crippen molar-refractivity contribution in [2.24, 2.45) is 5.92 Å². The van der Waals surface area contributed by atoms with Gasteiger partial charge in [-0.1, -0.05) is 13.8 Å². The number of aromatic nitrogens is 2. The van der Waals surface area contributed by atoms with E-state index in [1.54, 1.807) is 18.4 Å². The van der Waals surface area contributed by atoms with Crippen molar-refractivity contribution < 1.29 is 32.3 Å². The number of fused-ring (bicyclic) bond motifs is 4. The lowest BCUT2D eigenvalue weighted by molar-refractivity contribution is -0.192. The maximum absolute atomic E-state index is 13.0. The van der Waals surface area contributed by atoms with Crippen LogP contribution >= 0.6 is 0 Å². The third-order valence-corrected chi connectivity index (χ3v) is 6.47.